The first-order valence-corrected chi connectivity index (χ1v) is 6.85. The second-order valence-corrected chi connectivity index (χ2v) is 5.85. The Hall–Kier alpha value is -0.370. The third-order valence-electron chi connectivity index (χ3n) is 4.97. The van der Waals surface area contributed by atoms with Crippen LogP contribution in [0.4, 0.5) is 0 Å². The number of likely N-dealkylation sites (tertiary alicyclic amines) is 1. The van der Waals surface area contributed by atoms with E-state index in [-0.39, 0.29) is 5.41 Å². The lowest BCUT2D eigenvalue weighted by atomic mass is 9.62. The average Bonchev–Trinajstić information content (AvgIpc) is 2.31. The van der Waals surface area contributed by atoms with E-state index >= 15 is 0 Å². The van der Waals surface area contributed by atoms with Crippen molar-refractivity contribution in [3.05, 3.63) is 0 Å². The normalized spacial score (nSPS) is 27.9. The molecule has 1 saturated carbocycles. The Kier molecular flexibility index (Phi) is 3.68. The van der Waals surface area contributed by atoms with Crippen molar-refractivity contribution in [3.63, 3.8) is 0 Å². The van der Waals surface area contributed by atoms with Crippen molar-refractivity contribution >= 4 is 5.78 Å². The number of carbonyl (C=O) groups is 1. The zero-order valence-electron chi connectivity index (χ0n) is 10.8. The van der Waals surface area contributed by atoms with Gasteiger partial charge < -0.3 is 4.90 Å². The van der Waals surface area contributed by atoms with E-state index in [0.29, 0.717) is 11.7 Å². The first kappa shape index (κ1) is 12.1. The van der Waals surface area contributed by atoms with E-state index in [1.807, 2.05) is 6.92 Å². The molecule has 0 unspecified atom stereocenters. The molecule has 2 rings (SSSR count). The lowest BCUT2D eigenvalue weighted by molar-refractivity contribution is -0.134. The highest BCUT2D eigenvalue weighted by atomic mass is 16.1. The van der Waals surface area contributed by atoms with Crippen LogP contribution in [-0.2, 0) is 4.79 Å². The van der Waals surface area contributed by atoms with E-state index in [2.05, 4.69) is 11.9 Å². The molecule has 2 nitrogen and oxygen atoms in total. The van der Waals surface area contributed by atoms with Crippen LogP contribution in [0.1, 0.15) is 51.9 Å². The largest absolute Gasteiger partial charge is 0.306 e. The van der Waals surface area contributed by atoms with E-state index in [4.69, 9.17) is 0 Å². The van der Waals surface area contributed by atoms with Gasteiger partial charge in [-0.1, -0.05) is 19.3 Å². The molecule has 0 radical (unpaired) electrons. The zero-order chi connectivity index (χ0) is 11.6. The average molecular weight is 223 g/mol. The lowest BCUT2D eigenvalue weighted by Crippen LogP contribution is -2.47. The van der Waals surface area contributed by atoms with Crippen molar-refractivity contribution in [1.29, 1.82) is 0 Å². The van der Waals surface area contributed by atoms with Gasteiger partial charge >= 0.3 is 0 Å². The number of hydrogen-bond acceptors (Lipinski definition) is 2. The fraction of sp³-hybridized carbons (Fsp3) is 0.929. The molecule has 92 valence electrons. The van der Waals surface area contributed by atoms with E-state index in [0.717, 1.165) is 25.9 Å². The Balaban J connectivity index is 2.11. The van der Waals surface area contributed by atoms with Crippen LogP contribution in [0.15, 0.2) is 0 Å². The highest BCUT2D eigenvalue weighted by molar-refractivity contribution is 5.82. The molecule has 2 heteroatoms. The van der Waals surface area contributed by atoms with Crippen molar-refractivity contribution in [2.45, 2.75) is 51.9 Å². The molecule has 0 aromatic carbocycles. The van der Waals surface area contributed by atoms with Crippen molar-refractivity contribution in [2.24, 2.45) is 11.3 Å². The molecule has 0 aromatic heterocycles. The van der Waals surface area contributed by atoms with Crippen LogP contribution in [-0.4, -0.2) is 30.8 Å². The third kappa shape index (κ3) is 2.17. The molecular weight excluding hydrogens is 198 g/mol. The summed E-state index contributed by atoms with van der Waals surface area (Å²) in [7, 11) is 2.17. The maximum Gasteiger partial charge on any atom is 0.136 e. The Labute approximate surface area is 99.4 Å². The SMILES string of the molecule is CC(=O)C1(C2CCCCC2)CCN(C)CC1. The van der Waals surface area contributed by atoms with Crippen molar-refractivity contribution in [2.75, 3.05) is 20.1 Å². The summed E-state index contributed by atoms with van der Waals surface area (Å²) >= 11 is 0. The standard InChI is InChI=1S/C14H25NO/c1-12(16)14(8-10-15(2)11-9-14)13-6-4-3-5-7-13/h13H,3-11H2,1-2H3. The van der Waals surface area contributed by atoms with E-state index in [1.165, 1.54) is 32.1 Å². The van der Waals surface area contributed by atoms with Gasteiger partial charge in [-0.05, 0) is 58.7 Å². The molecule has 1 saturated heterocycles. The van der Waals surface area contributed by atoms with Gasteiger partial charge in [-0.25, -0.2) is 0 Å². The van der Waals surface area contributed by atoms with Gasteiger partial charge in [-0.3, -0.25) is 4.79 Å². The first-order chi connectivity index (χ1) is 7.65. The van der Waals surface area contributed by atoms with Crippen LogP contribution in [0, 0.1) is 11.3 Å². The number of nitrogens with zero attached hydrogens (tertiary/aromatic N) is 1. The molecule has 1 aliphatic carbocycles. The molecule has 2 fully saturated rings. The molecule has 1 aliphatic heterocycles. The van der Waals surface area contributed by atoms with Gasteiger partial charge in [0, 0.05) is 5.41 Å². The lowest BCUT2D eigenvalue weighted by Gasteiger charge is -2.45. The molecule has 0 atom stereocenters. The molecule has 0 bridgehead atoms. The number of rotatable bonds is 2. The summed E-state index contributed by atoms with van der Waals surface area (Å²) in [6.45, 7) is 4.05. The quantitative estimate of drug-likeness (QED) is 0.717. The predicted octanol–water partition coefficient (Wildman–Crippen LogP) is 2.87. The molecule has 16 heavy (non-hydrogen) atoms. The maximum absolute atomic E-state index is 12.1. The van der Waals surface area contributed by atoms with Gasteiger partial charge in [-0.15, -0.1) is 0 Å². The molecule has 0 N–H and O–H groups in total. The van der Waals surface area contributed by atoms with Gasteiger partial charge in [0.2, 0.25) is 0 Å². The second kappa shape index (κ2) is 4.87. The molecule has 2 aliphatic rings. The number of carbonyl (C=O) groups excluding carboxylic acids is 1. The summed E-state index contributed by atoms with van der Waals surface area (Å²) in [5.74, 6) is 1.15. The minimum atomic E-state index is 0.0485. The summed E-state index contributed by atoms with van der Waals surface area (Å²) in [5.41, 5.74) is 0.0485. The molecule has 0 amide bonds. The van der Waals surface area contributed by atoms with Crippen LogP contribution in [0.5, 0.6) is 0 Å². The minimum absolute atomic E-state index is 0.0485. The zero-order valence-corrected chi connectivity index (χ0v) is 10.8. The summed E-state index contributed by atoms with van der Waals surface area (Å²) in [6.07, 6.45) is 8.86. The summed E-state index contributed by atoms with van der Waals surface area (Å²) in [6, 6.07) is 0. The summed E-state index contributed by atoms with van der Waals surface area (Å²) < 4.78 is 0. The van der Waals surface area contributed by atoms with Crippen LogP contribution in [0.2, 0.25) is 0 Å². The van der Waals surface area contributed by atoms with Crippen LogP contribution in [0.25, 0.3) is 0 Å². The topological polar surface area (TPSA) is 20.3 Å². The smallest absolute Gasteiger partial charge is 0.136 e. The van der Waals surface area contributed by atoms with Crippen LogP contribution >= 0.6 is 0 Å². The number of piperidine rings is 1. The number of hydrogen-bond donors (Lipinski definition) is 0. The second-order valence-electron chi connectivity index (χ2n) is 5.85. The van der Waals surface area contributed by atoms with E-state index in [1.54, 1.807) is 0 Å². The van der Waals surface area contributed by atoms with E-state index < -0.39 is 0 Å². The Morgan fingerprint density at radius 3 is 2.19 bits per heavy atom. The molecular formula is C14H25NO. The Bertz CT molecular complexity index is 247. The monoisotopic (exact) mass is 223 g/mol. The fourth-order valence-electron chi connectivity index (χ4n) is 3.72. The third-order valence-corrected chi connectivity index (χ3v) is 4.97. The summed E-state index contributed by atoms with van der Waals surface area (Å²) in [5, 5.41) is 0. The van der Waals surface area contributed by atoms with Crippen molar-refractivity contribution in [3.8, 4) is 0 Å². The highest BCUT2D eigenvalue weighted by Gasteiger charge is 2.44. The van der Waals surface area contributed by atoms with Crippen LogP contribution in [0.3, 0.4) is 0 Å². The van der Waals surface area contributed by atoms with Gasteiger partial charge in [-0.2, -0.15) is 0 Å². The molecule has 1 heterocycles. The number of Topliss-reactive ketones (excluding diaryl/α,β-unsaturated/α-hetero) is 1. The summed E-state index contributed by atoms with van der Waals surface area (Å²) in [4.78, 5) is 14.5. The molecule has 0 aromatic rings. The number of ketones is 1. The van der Waals surface area contributed by atoms with Crippen molar-refractivity contribution < 1.29 is 4.79 Å². The van der Waals surface area contributed by atoms with Crippen LogP contribution < -0.4 is 0 Å². The minimum Gasteiger partial charge on any atom is -0.306 e. The Morgan fingerprint density at radius 2 is 1.69 bits per heavy atom. The maximum atomic E-state index is 12.1. The van der Waals surface area contributed by atoms with Gasteiger partial charge in [0.25, 0.3) is 0 Å². The van der Waals surface area contributed by atoms with Gasteiger partial charge in [0.05, 0.1) is 0 Å². The van der Waals surface area contributed by atoms with Gasteiger partial charge in [0.1, 0.15) is 5.78 Å². The predicted molar refractivity (Wildman–Crippen MR) is 66.4 cm³/mol. The van der Waals surface area contributed by atoms with Crippen molar-refractivity contribution in [1.82, 2.24) is 4.90 Å². The highest BCUT2D eigenvalue weighted by Crippen LogP contribution is 2.46. The fourth-order valence-corrected chi connectivity index (χ4v) is 3.72. The Morgan fingerprint density at radius 1 is 1.12 bits per heavy atom. The van der Waals surface area contributed by atoms with E-state index in [9.17, 15) is 4.79 Å². The first-order valence-electron chi connectivity index (χ1n) is 6.85. The van der Waals surface area contributed by atoms with Gasteiger partial charge in [0.15, 0.2) is 0 Å². The molecule has 0 spiro atoms.